The van der Waals surface area contributed by atoms with Gasteiger partial charge in [-0.1, -0.05) is 46.5 Å². The molecule has 3 fully saturated rings. The molecular weight excluding hydrogens is 510 g/mol. The van der Waals surface area contributed by atoms with Crippen LogP contribution in [0.2, 0.25) is 0 Å². The van der Waals surface area contributed by atoms with Crippen LogP contribution >= 0.6 is 0 Å². The first-order valence-electron chi connectivity index (χ1n) is 17.7. The zero-order chi connectivity index (χ0) is 29.5. The highest BCUT2D eigenvalue weighted by atomic mass is 16.2. The van der Waals surface area contributed by atoms with Gasteiger partial charge in [0.2, 0.25) is 17.7 Å². The fraction of sp³-hybridized carbons (Fsp3) is 0.914. The number of hydrogen-bond donors (Lipinski definition) is 3. The molecule has 3 aliphatic rings. The van der Waals surface area contributed by atoms with E-state index in [1.165, 1.54) is 38.5 Å². The number of nitrogens with one attached hydrogen (secondary N) is 3. The fourth-order valence-electron chi connectivity index (χ4n) is 7.27. The highest BCUT2D eigenvalue weighted by Crippen LogP contribution is 2.30. The smallest absolute Gasteiger partial charge is 0.223 e. The van der Waals surface area contributed by atoms with Crippen LogP contribution in [0, 0.1) is 35.5 Å². The molecule has 3 rings (SSSR count). The van der Waals surface area contributed by atoms with Crippen molar-refractivity contribution in [1.29, 1.82) is 0 Å². The molecule has 3 saturated carbocycles. The van der Waals surface area contributed by atoms with Crippen molar-refractivity contribution in [1.82, 2.24) is 16.0 Å². The Morgan fingerprint density at radius 3 is 1.20 bits per heavy atom. The Hall–Kier alpha value is -1.59. The van der Waals surface area contributed by atoms with E-state index in [1.54, 1.807) is 0 Å². The van der Waals surface area contributed by atoms with E-state index < -0.39 is 0 Å². The van der Waals surface area contributed by atoms with Gasteiger partial charge in [-0.25, -0.2) is 0 Å². The van der Waals surface area contributed by atoms with Crippen molar-refractivity contribution in [3.63, 3.8) is 0 Å². The van der Waals surface area contributed by atoms with Crippen LogP contribution in [0.15, 0.2) is 0 Å². The van der Waals surface area contributed by atoms with Crippen molar-refractivity contribution < 1.29 is 14.4 Å². The second-order valence-electron chi connectivity index (χ2n) is 14.4. The first-order valence-corrected chi connectivity index (χ1v) is 17.7. The van der Waals surface area contributed by atoms with Crippen LogP contribution in [-0.2, 0) is 14.4 Å². The summed E-state index contributed by atoms with van der Waals surface area (Å²) >= 11 is 0. The van der Waals surface area contributed by atoms with Crippen molar-refractivity contribution in [3.05, 3.63) is 0 Å². The molecule has 6 nitrogen and oxygen atoms in total. The van der Waals surface area contributed by atoms with Gasteiger partial charge in [-0.05, 0) is 120 Å². The van der Waals surface area contributed by atoms with Gasteiger partial charge in [0.1, 0.15) is 0 Å². The van der Waals surface area contributed by atoms with Crippen LogP contribution in [0.5, 0.6) is 0 Å². The van der Waals surface area contributed by atoms with E-state index in [-0.39, 0.29) is 41.5 Å². The summed E-state index contributed by atoms with van der Waals surface area (Å²) in [5.41, 5.74) is 0. The van der Waals surface area contributed by atoms with E-state index in [0.29, 0.717) is 0 Å². The third kappa shape index (κ3) is 13.1. The van der Waals surface area contributed by atoms with Crippen molar-refractivity contribution in [2.45, 2.75) is 155 Å². The quantitative estimate of drug-likeness (QED) is 0.169. The molecule has 0 aromatic heterocycles. The fourth-order valence-corrected chi connectivity index (χ4v) is 7.27. The summed E-state index contributed by atoms with van der Waals surface area (Å²) < 4.78 is 0. The Kier molecular flexibility index (Phi) is 15.6. The minimum Gasteiger partial charge on any atom is -0.356 e. The predicted octanol–water partition coefficient (Wildman–Crippen LogP) is 7.30. The Labute approximate surface area is 251 Å². The SMILES string of the molecule is CC1CCC(C(=O)NCCCCCC(CCCCCNC(=O)C2CCC(C)CC2)NC(=O)C2CCC(C)CC2)CC1. The number of hydrogen-bond acceptors (Lipinski definition) is 3. The van der Waals surface area contributed by atoms with Gasteiger partial charge in [0, 0.05) is 36.9 Å². The standard InChI is InChI=1S/C35H63N3O3/c1-26-12-18-29(19-13-26)33(39)36-24-8-4-6-10-32(38-35(41)31-22-16-28(3)17-23-31)11-7-5-9-25-37-34(40)30-20-14-27(2)15-21-30/h26-32H,4-25H2,1-3H3,(H,36,39)(H,37,40)(H,38,41). The maximum Gasteiger partial charge on any atom is 0.223 e. The second kappa shape index (κ2) is 18.8. The second-order valence-corrected chi connectivity index (χ2v) is 14.4. The molecule has 41 heavy (non-hydrogen) atoms. The molecule has 0 aromatic rings. The average Bonchev–Trinajstić information content (AvgIpc) is 2.97. The maximum atomic E-state index is 13.1. The molecule has 0 aromatic carbocycles. The van der Waals surface area contributed by atoms with Gasteiger partial charge >= 0.3 is 0 Å². The van der Waals surface area contributed by atoms with E-state index in [2.05, 4.69) is 36.7 Å². The maximum absolute atomic E-state index is 13.1. The van der Waals surface area contributed by atoms with Gasteiger partial charge in [-0.2, -0.15) is 0 Å². The van der Waals surface area contributed by atoms with Crippen LogP contribution in [0.3, 0.4) is 0 Å². The molecule has 0 bridgehead atoms. The molecule has 3 aliphatic carbocycles. The van der Waals surface area contributed by atoms with Gasteiger partial charge in [0.25, 0.3) is 0 Å². The Morgan fingerprint density at radius 2 is 0.829 bits per heavy atom. The van der Waals surface area contributed by atoms with Crippen molar-refractivity contribution in [2.24, 2.45) is 35.5 Å². The lowest BCUT2D eigenvalue weighted by molar-refractivity contribution is -0.127. The number of rotatable bonds is 16. The number of amides is 3. The number of carbonyl (C=O) groups excluding carboxylic acids is 3. The van der Waals surface area contributed by atoms with Gasteiger partial charge in [0.05, 0.1) is 0 Å². The van der Waals surface area contributed by atoms with Crippen LogP contribution in [0.4, 0.5) is 0 Å². The summed E-state index contributed by atoms with van der Waals surface area (Å²) in [6.45, 7) is 8.42. The predicted molar refractivity (Wildman–Crippen MR) is 168 cm³/mol. The molecule has 0 atom stereocenters. The molecule has 0 aliphatic heterocycles. The van der Waals surface area contributed by atoms with Gasteiger partial charge in [0.15, 0.2) is 0 Å². The summed E-state index contributed by atoms with van der Waals surface area (Å²) in [4.78, 5) is 38.0. The molecule has 0 unspecified atom stereocenters. The molecule has 0 saturated heterocycles. The molecule has 3 amide bonds. The molecule has 236 valence electrons. The van der Waals surface area contributed by atoms with Crippen LogP contribution in [0.25, 0.3) is 0 Å². The lowest BCUT2D eigenvalue weighted by Gasteiger charge is -2.28. The first kappa shape index (κ1) is 33.9. The zero-order valence-electron chi connectivity index (χ0n) is 26.8. The third-order valence-corrected chi connectivity index (χ3v) is 10.6. The summed E-state index contributed by atoms with van der Waals surface area (Å²) in [5, 5.41) is 9.79. The molecular formula is C35H63N3O3. The largest absolute Gasteiger partial charge is 0.356 e. The average molecular weight is 574 g/mol. The third-order valence-electron chi connectivity index (χ3n) is 10.6. The van der Waals surface area contributed by atoms with Crippen molar-refractivity contribution in [2.75, 3.05) is 13.1 Å². The Bertz CT molecular complexity index is 717. The van der Waals surface area contributed by atoms with Crippen LogP contribution in [-0.4, -0.2) is 36.9 Å². The molecule has 6 heteroatoms. The van der Waals surface area contributed by atoms with E-state index >= 15 is 0 Å². The monoisotopic (exact) mass is 573 g/mol. The molecule has 0 radical (unpaired) electrons. The topological polar surface area (TPSA) is 87.3 Å². The molecule has 3 N–H and O–H groups in total. The minimum atomic E-state index is 0.185. The van der Waals surface area contributed by atoms with Crippen molar-refractivity contribution in [3.8, 4) is 0 Å². The highest BCUT2D eigenvalue weighted by Gasteiger charge is 2.27. The lowest BCUT2D eigenvalue weighted by atomic mass is 9.82. The Balaban J connectivity index is 1.31. The summed E-state index contributed by atoms with van der Waals surface area (Å²) in [6, 6.07) is 0.236. The van der Waals surface area contributed by atoms with Gasteiger partial charge in [-0.3, -0.25) is 14.4 Å². The lowest BCUT2D eigenvalue weighted by Crippen LogP contribution is -2.40. The van der Waals surface area contributed by atoms with Crippen LogP contribution < -0.4 is 16.0 Å². The van der Waals surface area contributed by atoms with E-state index in [9.17, 15) is 14.4 Å². The number of unbranched alkanes of at least 4 members (excludes halogenated alkanes) is 4. The van der Waals surface area contributed by atoms with Crippen LogP contribution in [0.1, 0.15) is 149 Å². The van der Waals surface area contributed by atoms with Gasteiger partial charge < -0.3 is 16.0 Å². The highest BCUT2D eigenvalue weighted by molar-refractivity contribution is 5.79. The van der Waals surface area contributed by atoms with E-state index in [0.717, 1.165) is 121 Å². The van der Waals surface area contributed by atoms with E-state index in [1.807, 2.05) is 0 Å². The molecule has 0 heterocycles. The van der Waals surface area contributed by atoms with E-state index in [4.69, 9.17) is 0 Å². The number of carbonyl (C=O) groups is 3. The summed E-state index contributed by atoms with van der Waals surface area (Å²) in [5.74, 6) is 3.70. The summed E-state index contributed by atoms with van der Waals surface area (Å²) in [6.07, 6.45) is 21.7. The normalized spacial score (nSPS) is 29.3. The summed E-state index contributed by atoms with van der Waals surface area (Å²) in [7, 11) is 0. The first-order chi connectivity index (χ1) is 19.8. The zero-order valence-corrected chi connectivity index (χ0v) is 26.8. The van der Waals surface area contributed by atoms with Crippen molar-refractivity contribution >= 4 is 17.7 Å². The molecule has 0 spiro atoms. The minimum absolute atomic E-state index is 0.185. The Morgan fingerprint density at radius 1 is 0.488 bits per heavy atom. The van der Waals surface area contributed by atoms with Gasteiger partial charge in [-0.15, -0.1) is 0 Å².